The van der Waals surface area contributed by atoms with E-state index in [2.05, 4.69) is 18.0 Å². The molecule has 0 radical (unpaired) electrons. The first-order valence-corrected chi connectivity index (χ1v) is 7.67. The topological polar surface area (TPSA) is 23.5 Å². The number of hydrogen-bond acceptors (Lipinski definition) is 2. The summed E-state index contributed by atoms with van der Waals surface area (Å²) in [5.74, 6) is 0. The van der Waals surface area contributed by atoms with Crippen LogP contribution in [0.2, 0.25) is 5.02 Å². The first kappa shape index (κ1) is 14.7. The highest BCUT2D eigenvalue weighted by Gasteiger charge is 2.18. The number of benzene rings is 1. The zero-order valence-electron chi connectivity index (χ0n) is 11.9. The second kappa shape index (κ2) is 6.62. The third-order valence-corrected chi connectivity index (χ3v) is 4.54. The van der Waals surface area contributed by atoms with Crippen molar-refractivity contribution >= 4 is 17.3 Å². The molecule has 0 bridgehead atoms. The second-order valence-electron chi connectivity index (χ2n) is 5.64. The summed E-state index contributed by atoms with van der Waals surface area (Å²) in [6.07, 6.45) is 7.42. The van der Waals surface area contributed by atoms with Crippen molar-refractivity contribution in [2.45, 2.75) is 57.6 Å². The number of aliphatic hydroxyl groups excluding tert-OH is 1. The lowest BCUT2D eigenvalue weighted by Gasteiger charge is -2.29. The molecular formula is C16H24ClNO. The number of anilines is 1. The molecule has 0 amide bonds. The quantitative estimate of drug-likeness (QED) is 0.822. The third kappa shape index (κ3) is 3.64. The Balaban J connectivity index is 2.14. The Morgan fingerprint density at radius 3 is 2.37 bits per heavy atom. The summed E-state index contributed by atoms with van der Waals surface area (Å²) in [6.45, 7) is 1.75. The van der Waals surface area contributed by atoms with E-state index in [0.29, 0.717) is 11.1 Å². The van der Waals surface area contributed by atoms with Crippen LogP contribution in [0.1, 0.15) is 57.1 Å². The fourth-order valence-electron chi connectivity index (χ4n) is 2.93. The fourth-order valence-corrected chi connectivity index (χ4v) is 3.26. The predicted octanol–water partition coefficient (Wildman–Crippen LogP) is 4.55. The molecule has 0 spiro atoms. The lowest BCUT2D eigenvalue weighted by atomic mass is 10.1. The van der Waals surface area contributed by atoms with Crippen molar-refractivity contribution in [2.75, 3.05) is 11.9 Å². The van der Waals surface area contributed by atoms with Gasteiger partial charge in [0.25, 0.3) is 0 Å². The first-order valence-electron chi connectivity index (χ1n) is 7.30. The minimum atomic E-state index is -0.510. The van der Waals surface area contributed by atoms with E-state index in [-0.39, 0.29) is 0 Å². The first-order chi connectivity index (χ1) is 9.09. The van der Waals surface area contributed by atoms with E-state index in [1.54, 1.807) is 6.92 Å². The van der Waals surface area contributed by atoms with E-state index in [1.165, 1.54) is 38.5 Å². The highest BCUT2D eigenvalue weighted by Crippen LogP contribution is 2.30. The number of hydrogen-bond donors (Lipinski definition) is 1. The second-order valence-corrected chi connectivity index (χ2v) is 6.05. The number of nitrogens with zero attached hydrogens (tertiary/aromatic N) is 1. The zero-order chi connectivity index (χ0) is 13.8. The standard InChI is InChI=1S/C16H24ClNO/c1-12(19)15-10-9-14(11-16(15)17)18(2)13-7-5-3-4-6-8-13/h9-13,19H,3-8H2,1-2H3. The molecule has 1 unspecified atom stereocenters. The molecule has 1 fully saturated rings. The summed E-state index contributed by atoms with van der Waals surface area (Å²) in [7, 11) is 2.16. The Hall–Kier alpha value is -0.730. The molecule has 1 aromatic carbocycles. The van der Waals surface area contributed by atoms with E-state index in [1.807, 2.05) is 12.1 Å². The Labute approximate surface area is 121 Å². The lowest BCUT2D eigenvalue weighted by molar-refractivity contribution is 0.199. The van der Waals surface area contributed by atoms with Crippen molar-refractivity contribution in [1.29, 1.82) is 0 Å². The van der Waals surface area contributed by atoms with Gasteiger partial charge in [-0.15, -0.1) is 0 Å². The van der Waals surface area contributed by atoms with Crippen LogP contribution in [-0.2, 0) is 0 Å². The maximum absolute atomic E-state index is 9.62. The van der Waals surface area contributed by atoms with Gasteiger partial charge in [-0.3, -0.25) is 0 Å². The normalized spacial score (nSPS) is 18.9. The molecule has 0 saturated heterocycles. The van der Waals surface area contributed by atoms with Crippen LogP contribution in [0.15, 0.2) is 18.2 Å². The highest BCUT2D eigenvalue weighted by molar-refractivity contribution is 6.31. The Morgan fingerprint density at radius 2 is 1.84 bits per heavy atom. The van der Waals surface area contributed by atoms with Crippen molar-refractivity contribution in [3.8, 4) is 0 Å². The van der Waals surface area contributed by atoms with Gasteiger partial charge >= 0.3 is 0 Å². The van der Waals surface area contributed by atoms with Gasteiger partial charge in [0.15, 0.2) is 0 Å². The average molecular weight is 282 g/mol. The molecular weight excluding hydrogens is 258 g/mol. The molecule has 3 heteroatoms. The van der Waals surface area contributed by atoms with Gasteiger partial charge in [-0.05, 0) is 37.5 Å². The minimum Gasteiger partial charge on any atom is -0.389 e. The fraction of sp³-hybridized carbons (Fsp3) is 0.625. The summed E-state index contributed by atoms with van der Waals surface area (Å²) >= 11 is 6.25. The maximum atomic E-state index is 9.62. The van der Waals surface area contributed by atoms with Crippen molar-refractivity contribution < 1.29 is 5.11 Å². The molecule has 2 nitrogen and oxygen atoms in total. The van der Waals surface area contributed by atoms with Crippen LogP contribution in [0.25, 0.3) is 0 Å². The smallest absolute Gasteiger partial charge is 0.0776 e. The summed E-state index contributed by atoms with van der Waals surface area (Å²) in [5.41, 5.74) is 1.96. The molecule has 106 valence electrons. The molecule has 0 aliphatic heterocycles. The van der Waals surface area contributed by atoms with Crippen molar-refractivity contribution in [3.05, 3.63) is 28.8 Å². The van der Waals surface area contributed by atoms with Crippen LogP contribution in [-0.4, -0.2) is 18.2 Å². The number of rotatable bonds is 3. The highest BCUT2D eigenvalue weighted by atomic mass is 35.5. The van der Waals surface area contributed by atoms with E-state index < -0.39 is 6.10 Å². The van der Waals surface area contributed by atoms with Gasteiger partial charge in [-0.25, -0.2) is 0 Å². The van der Waals surface area contributed by atoms with Gasteiger partial charge in [-0.1, -0.05) is 43.4 Å². The van der Waals surface area contributed by atoms with E-state index in [0.717, 1.165) is 11.3 Å². The maximum Gasteiger partial charge on any atom is 0.0776 e. The number of halogens is 1. The minimum absolute atomic E-state index is 0.510. The van der Waals surface area contributed by atoms with Crippen LogP contribution in [0.3, 0.4) is 0 Å². The third-order valence-electron chi connectivity index (χ3n) is 4.21. The van der Waals surface area contributed by atoms with Crippen LogP contribution in [0.5, 0.6) is 0 Å². The van der Waals surface area contributed by atoms with E-state index in [9.17, 15) is 5.11 Å². The molecule has 1 aromatic rings. The molecule has 1 atom stereocenters. The van der Waals surface area contributed by atoms with Gasteiger partial charge in [0.2, 0.25) is 0 Å². The van der Waals surface area contributed by atoms with Crippen molar-refractivity contribution in [1.82, 2.24) is 0 Å². The van der Waals surface area contributed by atoms with Crippen LogP contribution in [0, 0.1) is 0 Å². The summed E-state index contributed by atoms with van der Waals surface area (Å²) in [5, 5.41) is 10.3. The Kier molecular flexibility index (Phi) is 5.12. The molecule has 1 N–H and O–H groups in total. The molecule has 1 aliphatic rings. The molecule has 0 heterocycles. The lowest BCUT2D eigenvalue weighted by Crippen LogP contribution is -2.31. The molecule has 2 rings (SSSR count). The van der Waals surface area contributed by atoms with Gasteiger partial charge < -0.3 is 10.0 Å². The monoisotopic (exact) mass is 281 g/mol. The molecule has 19 heavy (non-hydrogen) atoms. The van der Waals surface area contributed by atoms with Gasteiger partial charge in [0.05, 0.1) is 6.10 Å². The Bertz CT molecular complexity index is 411. The number of aliphatic hydroxyl groups is 1. The molecule has 1 saturated carbocycles. The average Bonchev–Trinajstić information content (AvgIpc) is 2.66. The largest absolute Gasteiger partial charge is 0.389 e. The van der Waals surface area contributed by atoms with Gasteiger partial charge in [-0.2, -0.15) is 0 Å². The van der Waals surface area contributed by atoms with Crippen molar-refractivity contribution in [3.63, 3.8) is 0 Å². The SMILES string of the molecule is CC(O)c1ccc(N(C)C2CCCCCC2)cc1Cl. The summed E-state index contributed by atoms with van der Waals surface area (Å²) in [4.78, 5) is 2.35. The van der Waals surface area contributed by atoms with Crippen LogP contribution >= 0.6 is 11.6 Å². The van der Waals surface area contributed by atoms with Crippen LogP contribution < -0.4 is 4.90 Å². The van der Waals surface area contributed by atoms with Crippen molar-refractivity contribution in [2.24, 2.45) is 0 Å². The van der Waals surface area contributed by atoms with E-state index in [4.69, 9.17) is 11.6 Å². The summed E-state index contributed by atoms with van der Waals surface area (Å²) < 4.78 is 0. The Morgan fingerprint density at radius 1 is 1.21 bits per heavy atom. The molecule has 0 aromatic heterocycles. The molecule has 1 aliphatic carbocycles. The zero-order valence-corrected chi connectivity index (χ0v) is 12.7. The predicted molar refractivity (Wildman–Crippen MR) is 82.0 cm³/mol. The van der Waals surface area contributed by atoms with Crippen LogP contribution in [0.4, 0.5) is 5.69 Å². The van der Waals surface area contributed by atoms with Gasteiger partial charge in [0.1, 0.15) is 0 Å². The van der Waals surface area contributed by atoms with E-state index >= 15 is 0 Å². The van der Waals surface area contributed by atoms with Gasteiger partial charge in [0, 0.05) is 23.8 Å². The summed E-state index contributed by atoms with van der Waals surface area (Å²) in [6, 6.07) is 6.61.